The molecule has 4 N–H and O–H groups in total. The Hall–Kier alpha value is -1.92. The second-order valence-corrected chi connectivity index (χ2v) is 4.19. The normalized spacial score (nSPS) is 12.0. The van der Waals surface area contributed by atoms with Gasteiger partial charge in [0.1, 0.15) is 6.04 Å². The SMILES string of the molecule is CCNC(=O)CN(C)C(C(=O)NN)c1ccccc1. The predicted octanol–water partition coefficient (Wildman–Crippen LogP) is -0.214. The van der Waals surface area contributed by atoms with Gasteiger partial charge in [-0.3, -0.25) is 19.9 Å². The second-order valence-electron chi connectivity index (χ2n) is 4.19. The number of nitrogens with two attached hydrogens (primary N) is 1. The molecule has 0 heterocycles. The third-order valence-corrected chi connectivity index (χ3v) is 2.71. The van der Waals surface area contributed by atoms with Gasteiger partial charge in [-0.1, -0.05) is 30.3 Å². The van der Waals surface area contributed by atoms with E-state index in [0.29, 0.717) is 6.54 Å². The summed E-state index contributed by atoms with van der Waals surface area (Å²) in [6.45, 7) is 2.53. The summed E-state index contributed by atoms with van der Waals surface area (Å²) >= 11 is 0. The highest BCUT2D eigenvalue weighted by atomic mass is 16.2. The van der Waals surface area contributed by atoms with E-state index in [9.17, 15) is 9.59 Å². The highest BCUT2D eigenvalue weighted by Crippen LogP contribution is 2.18. The minimum Gasteiger partial charge on any atom is -0.355 e. The van der Waals surface area contributed by atoms with Crippen LogP contribution in [0.15, 0.2) is 30.3 Å². The van der Waals surface area contributed by atoms with Gasteiger partial charge in [0, 0.05) is 6.54 Å². The van der Waals surface area contributed by atoms with Crippen molar-refractivity contribution in [1.82, 2.24) is 15.6 Å². The molecule has 1 aromatic rings. The van der Waals surface area contributed by atoms with Crippen LogP contribution >= 0.6 is 0 Å². The highest BCUT2D eigenvalue weighted by Gasteiger charge is 2.25. The number of nitrogens with zero attached hydrogens (tertiary/aromatic N) is 1. The Kier molecular flexibility index (Phi) is 5.98. The van der Waals surface area contributed by atoms with Gasteiger partial charge in [-0.05, 0) is 19.5 Å². The van der Waals surface area contributed by atoms with Crippen molar-refractivity contribution in [1.29, 1.82) is 0 Å². The van der Waals surface area contributed by atoms with Gasteiger partial charge >= 0.3 is 0 Å². The molecule has 0 aliphatic carbocycles. The fraction of sp³-hybridized carbons (Fsp3) is 0.385. The van der Waals surface area contributed by atoms with Gasteiger partial charge in [0.25, 0.3) is 5.91 Å². The Balaban J connectivity index is 2.86. The molecule has 6 nitrogen and oxygen atoms in total. The Morgan fingerprint density at radius 2 is 1.95 bits per heavy atom. The minimum atomic E-state index is -0.589. The second kappa shape index (κ2) is 7.50. The van der Waals surface area contributed by atoms with Crippen molar-refractivity contribution in [2.45, 2.75) is 13.0 Å². The van der Waals surface area contributed by atoms with Crippen LogP contribution in [0.2, 0.25) is 0 Å². The van der Waals surface area contributed by atoms with E-state index in [-0.39, 0.29) is 18.4 Å². The summed E-state index contributed by atoms with van der Waals surface area (Å²) in [4.78, 5) is 25.1. The van der Waals surface area contributed by atoms with E-state index in [1.807, 2.05) is 37.3 Å². The number of benzene rings is 1. The molecule has 1 atom stereocenters. The highest BCUT2D eigenvalue weighted by molar-refractivity contribution is 5.84. The van der Waals surface area contributed by atoms with Crippen LogP contribution in [0.5, 0.6) is 0 Å². The summed E-state index contributed by atoms with van der Waals surface area (Å²) in [5.74, 6) is 4.73. The first-order valence-corrected chi connectivity index (χ1v) is 6.12. The molecule has 19 heavy (non-hydrogen) atoms. The van der Waals surface area contributed by atoms with E-state index in [1.165, 1.54) is 0 Å². The number of carbonyl (C=O) groups excluding carboxylic acids is 2. The maximum absolute atomic E-state index is 11.9. The van der Waals surface area contributed by atoms with Gasteiger partial charge in [0.2, 0.25) is 5.91 Å². The molecule has 0 saturated carbocycles. The van der Waals surface area contributed by atoms with Gasteiger partial charge in [-0.2, -0.15) is 0 Å². The van der Waals surface area contributed by atoms with Crippen LogP contribution in [0.1, 0.15) is 18.5 Å². The molecule has 0 radical (unpaired) electrons. The van der Waals surface area contributed by atoms with Gasteiger partial charge in [0.15, 0.2) is 0 Å². The van der Waals surface area contributed by atoms with Gasteiger partial charge in [0.05, 0.1) is 6.54 Å². The summed E-state index contributed by atoms with van der Waals surface area (Å²) in [6, 6.07) is 8.61. The molecule has 104 valence electrons. The topological polar surface area (TPSA) is 87.5 Å². The summed E-state index contributed by atoms with van der Waals surface area (Å²) in [5, 5.41) is 2.70. The smallest absolute Gasteiger partial charge is 0.255 e. The van der Waals surface area contributed by atoms with Crippen molar-refractivity contribution in [3.05, 3.63) is 35.9 Å². The zero-order chi connectivity index (χ0) is 14.3. The lowest BCUT2D eigenvalue weighted by Gasteiger charge is -2.26. The zero-order valence-electron chi connectivity index (χ0n) is 11.2. The number of rotatable bonds is 6. The minimum absolute atomic E-state index is 0.126. The summed E-state index contributed by atoms with van der Waals surface area (Å²) in [6.07, 6.45) is 0. The Labute approximate surface area is 112 Å². The van der Waals surface area contributed by atoms with Gasteiger partial charge in [-0.25, -0.2) is 5.84 Å². The summed E-state index contributed by atoms with van der Waals surface area (Å²) in [7, 11) is 1.71. The Morgan fingerprint density at radius 3 is 2.47 bits per heavy atom. The molecule has 0 spiro atoms. The molecule has 1 rings (SSSR count). The molecule has 0 bridgehead atoms. The first kappa shape index (κ1) is 15.1. The monoisotopic (exact) mass is 264 g/mol. The van der Waals surface area contributed by atoms with Crippen molar-refractivity contribution >= 4 is 11.8 Å². The molecule has 0 saturated heterocycles. The maximum Gasteiger partial charge on any atom is 0.255 e. The van der Waals surface area contributed by atoms with Crippen molar-refractivity contribution < 1.29 is 9.59 Å². The lowest BCUT2D eigenvalue weighted by molar-refractivity contribution is -0.128. The molecule has 1 unspecified atom stereocenters. The van der Waals surface area contributed by atoms with Crippen LogP contribution in [0.25, 0.3) is 0 Å². The van der Waals surface area contributed by atoms with Crippen molar-refractivity contribution in [3.63, 3.8) is 0 Å². The number of carbonyl (C=O) groups is 2. The molecule has 6 heteroatoms. The number of hydrazine groups is 1. The molecule has 2 amide bonds. The Morgan fingerprint density at radius 1 is 1.32 bits per heavy atom. The molecule has 0 aliphatic rings. The van der Waals surface area contributed by atoms with Gasteiger partial charge in [-0.15, -0.1) is 0 Å². The number of likely N-dealkylation sites (N-methyl/N-ethyl adjacent to an activating group) is 2. The molecule has 1 aromatic carbocycles. The third kappa shape index (κ3) is 4.35. The van der Waals surface area contributed by atoms with E-state index in [0.717, 1.165) is 5.56 Å². The average Bonchev–Trinajstić information content (AvgIpc) is 2.40. The fourth-order valence-corrected chi connectivity index (χ4v) is 1.89. The van der Waals surface area contributed by atoms with Crippen LogP contribution < -0.4 is 16.6 Å². The lowest BCUT2D eigenvalue weighted by Crippen LogP contribution is -2.45. The van der Waals surface area contributed by atoms with E-state index in [2.05, 4.69) is 10.7 Å². The molecule has 0 aromatic heterocycles. The number of hydrogen-bond acceptors (Lipinski definition) is 4. The number of amides is 2. The van der Waals surface area contributed by atoms with E-state index < -0.39 is 6.04 Å². The summed E-state index contributed by atoms with van der Waals surface area (Å²) < 4.78 is 0. The quantitative estimate of drug-likeness (QED) is 0.377. The average molecular weight is 264 g/mol. The van der Waals surface area contributed by atoms with Crippen molar-refractivity contribution in [3.8, 4) is 0 Å². The number of hydrogen-bond donors (Lipinski definition) is 3. The van der Waals surface area contributed by atoms with Gasteiger partial charge < -0.3 is 5.32 Å². The van der Waals surface area contributed by atoms with E-state index >= 15 is 0 Å². The zero-order valence-corrected chi connectivity index (χ0v) is 11.2. The summed E-state index contributed by atoms with van der Waals surface area (Å²) in [5.41, 5.74) is 2.93. The Bertz CT molecular complexity index is 422. The van der Waals surface area contributed by atoms with Crippen molar-refractivity contribution in [2.24, 2.45) is 5.84 Å². The molecular formula is C13H20N4O2. The van der Waals surface area contributed by atoms with E-state index in [4.69, 9.17) is 5.84 Å². The first-order chi connectivity index (χ1) is 9.10. The predicted molar refractivity (Wildman–Crippen MR) is 72.8 cm³/mol. The van der Waals surface area contributed by atoms with Crippen LogP contribution in [-0.4, -0.2) is 36.9 Å². The largest absolute Gasteiger partial charge is 0.355 e. The maximum atomic E-state index is 11.9. The van der Waals surface area contributed by atoms with E-state index in [1.54, 1.807) is 11.9 Å². The van der Waals surface area contributed by atoms with Crippen molar-refractivity contribution in [2.75, 3.05) is 20.1 Å². The van der Waals surface area contributed by atoms with Crippen LogP contribution in [0, 0.1) is 0 Å². The lowest BCUT2D eigenvalue weighted by atomic mass is 10.1. The third-order valence-electron chi connectivity index (χ3n) is 2.71. The van der Waals surface area contributed by atoms with Crippen LogP contribution in [-0.2, 0) is 9.59 Å². The van der Waals surface area contributed by atoms with Crippen LogP contribution in [0.4, 0.5) is 0 Å². The van der Waals surface area contributed by atoms with Crippen LogP contribution in [0.3, 0.4) is 0 Å². The molecule has 0 fully saturated rings. The fourth-order valence-electron chi connectivity index (χ4n) is 1.89. The standard InChI is InChI=1S/C13H20N4O2/c1-3-15-11(18)9-17(2)12(13(19)16-14)10-7-5-4-6-8-10/h4-8,12H,3,9,14H2,1-2H3,(H,15,18)(H,16,19). The molecule has 0 aliphatic heterocycles. The molecular weight excluding hydrogens is 244 g/mol. The first-order valence-electron chi connectivity index (χ1n) is 6.12. The number of nitrogens with one attached hydrogen (secondary N) is 2.